The largest absolute Gasteiger partial charge is 0.372 e. The van der Waals surface area contributed by atoms with Gasteiger partial charge in [0.1, 0.15) is 5.82 Å². The maximum Gasteiger partial charge on any atom is 0.141 e. The minimum Gasteiger partial charge on any atom is -0.372 e. The van der Waals surface area contributed by atoms with E-state index in [4.69, 9.17) is 4.74 Å². The first kappa shape index (κ1) is 12.5. The SMILES string of the molecule is CNC1CCCCC1OCc1cncc(F)c1. The molecule has 1 N–H and O–H groups in total. The first-order valence-electron chi connectivity index (χ1n) is 6.18. The molecular formula is C13H19FN2O. The zero-order valence-electron chi connectivity index (χ0n) is 10.2. The van der Waals surface area contributed by atoms with Crippen molar-refractivity contribution in [3.05, 3.63) is 29.8 Å². The van der Waals surface area contributed by atoms with Crippen molar-refractivity contribution >= 4 is 0 Å². The van der Waals surface area contributed by atoms with Crippen molar-refractivity contribution in [1.29, 1.82) is 0 Å². The van der Waals surface area contributed by atoms with E-state index in [1.807, 2.05) is 7.05 Å². The monoisotopic (exact) mass is 238 g/mol. The van der Waals surface area contributed by atoms with Gasteiger partial charge in [-0.05, 0) is 31.5 Å². The number of rotatable bonds is 4. The number of halogens is 1. The number of likely N-dealkylation sites (N-methyl/N-ethyl adjacent to an activating group) is 1. The van der Waals surface area contributed by atoms with Crippen LogP contribution in [0, 0.1) is 5.82 Å². The van der Waals surface area contributed by atoms with E-state index >= 15 is 0 Å². The quantitative estimate of drug-likeness (QED) is 0.873. The standard InChI is InChI=1S/C13H19FN2O/c1-15-12-4-2-3-5-13(12)17-9-10-6-11(14)8-16-7-10/h6-8,12-13,15H,2-5,9H2,1H3. The molecule has 0 saturated heterocycles. The van der Waals surface area contributed by atoms with Crippen molar-refractivity contribution in [2.24, 2.45) is 0 Å². The van der Waals surface area contributed by atoms with Crippen LogP contribution in [0.15, 0.2) is 18.5 Å². The van der Waals surface area contributed by atoms with E-state index in [1.165, 1.54) is 25.1 Å². The lowest BCUT2D eigenvalue weighted by atomic mass is 9.92. The summed E-state index contributed by atoms with van der Waals surface area (Å²) < 4.78 is 18.8. The summed E-state index contributed by atoms with van der Waals surface area (Å²) in [6.45, 7) is 0.438. The molecule has 17 heavy (non-hydrogen) atoms. The van der Waals surface area contributed by atoms with Gasteiger partial charge in [-0.1, -0.05) is 12.8 Å². The predicted molar refractivity (Wildman–Crippen MR) is 64.1 cm³/mol. The van der Waals surface area contributed by atoms with Crippen molar-refractivity contribution in [3.63, 3.8) is 0 Å². The Labute approximate surface area is 101 Å². The Morgan fingerprint density at radius 1 is 1.41 bits per heavy atom. The van der Waals surface area contributed by atoms with Crippen molar-refractivity contribution < 1.29 is 9.13 Å². The minimum absolute atomic E-state index is 0.233. The van der Waals surface area contributed by atoms with Gasteiger partial charge in [-0.3, -0.25) is 4.98 Å². The Balaban J connectivity index is 1.88. The van der Waals surface area contributed by atoms with E-state index in [0.29, 0.717) is 12.6 Å². The van der Waals surface area contributed by atoms with Gasteiger partial charge in [-0.2, -0.15) is 0 Å². The molecule has 0 amide bonds. The molecule has 94 valence electrons. The predicted octanol–water partition coefficient (Wildman–Crippen LogP) is 2.27. The molecule has 4 heteroatoms. The smallest absolute Gasteiger partial charge is 0.141 e. The van der Waals surface area contributed by atoms with E-state index in [-0.39, 0.29) is 11.9 Å². The van der Waals surface area contributed by atoms with Gasteiger partial charge >= 0.3 is 0 Å². The second-order valence-electron chi connectivity index (χ2n) is 4.54. The van der Waals surface area contributed by atoms with E-state index in [2.05, 4.69) is 10.3 Å². The van der Waals surface area contributed by atoms with Crippen LogP contribution in [0.25, 0.3) is 0 Å². The molecule has 0 aliphatic heterocycles. The fraction of sp³-hybridized carbons (Fsp3) is 0.615. The van der Waals surface area contributed by atoms with Crippen LogP contribution < -0.4 is 5.32 Å². The summed E-state index contributed by atoms with van der Waals surface area (Å²) in [6.07, 6.45) is 7.80. The van der Waals surface area contributed by atoms with E-state index in [9.17, 15) is 4.39 Å². The maximum absolute atomic E-state index is 12.9. The fourth-order valence-electron chi connectivity index (χ4n) is 2.36. The number of hydrogen-bond donors (Lipinski definition) is 1. The van der Waals surface area contributed by atoms with Crippen LogP contribution in [0.5, 0.6) is 0 Å². The normalized spacial score (nSPS) is 24.8. The summed E-state index contributed by atoms with van der Waals surface area (Å²) >= 11 is 0. The molecule has 1 aliphatic rings. The highest BCUT2D eigenvalue weighted by atomic mass is 19.1. The maximum atomic E-state index is 12.9. The second-order valence-corrected chi connectivity index (χ2v) is 4.54. The van der Waals surface area contributed by atoms with E-state index in [1.54, 1.807) is 6.20 Å². The molecule has 2 unspecified atom stereocenters. The number of ether oxygens (including phenoxy) is 1. The third-order valence-corrected chi connectivity index (χ3v) is 3.30. The fourth-order valence-corrected chi connectivity index (χ4v) is 2.36. The Hall–Kier alpha value is -1.00. The van der Waals surface area contributed by atoms with Gasteiger partial charge in [0, 0.05) is 12.2 Å². The van der Waals surface area contributed by atoms with Crippen LogP contribution in [0.2, 0.25) is 0 Å². The molecule has 1 aromatic rings. The van der Waals surface area contributed by atoms with Crippen LogP contribution in [-0.4, -0.2) is 24.2 Å². The number of aromatic nitrogens is 1. The van der Waals surface area contributed by atoms with Gasteiger partial charge in [0.2, 0.25) is 0 Å². The Morgan fingerprint density at radius 2 is 2.24 bits per heavy atom. The molecule has 0 bridgehead atoms. The van der Waals surface area contributed by atoms with Gasteiger partial charge in [0.05, 0.1) is 18.9 Å². The molecular weight excluding hydrogens is 219 g/mol. The lowest BCUT2D eigenvalue weighted by molar-refractivity contribution is -0.00381. The van der Waals surface area contributed by atoms with Crippen LogP contribution in [0.3, 0.4) is 0 Å². The van der Waals surface area contributed by atoms with Gasteiger partial charge in [0.25, 0.3) is 0 Å². The molecule has 3 nitrogen and oxygen atoms in total. The van der Waals surface area contributed by atoms with Crippen LogP contribution >= 0.6 is 0 Å². The molecule has 2 rings (SSSR count). The Bertz CT molecular complexity index is 359. The number of pyridine rings is 1. The van der Waals surface area contributed by atoms with Crippen LogP contribution in [0.4, 0.5) is 4.39 Å². The zero-order chi connectivity index (χ0) is 12.1. The third kappa shape index (κ3) is 3.48. The summed E-state index contributed by atoms with van der Waals surface area (Å²) in [5, 5.41) is 3.29. The molecule has 1 saturated carbocycles. The molecule has 1 aliphatic carbocycles. The van der Waals surface area contributed by atoms with Crippen molar-refractivity contribution in [2.45, 2.75) is 44.4 Å². The molecule has 2 atom stereocenters. The third-order valence-electron chi connectivity index (χ3n) is 3.30. The van der Waals surface area contributed by atoms with Crippen molar-refractivity contribution in [2.75, 3.05) is 7.05 Å². The van der Waals surface area contributed by atoms with Crippen LogP contribution in [0.1, 0.15) is 31.2 Å². The summed E-state index contributed by atoms with van der Waals surface area (Å²) in [5.41, 5.74) is 0.797. The average Bonchev–Trinajstić information content (AvgIpc) is 2.37. The van der Waals surface area contributed by atoms with Crippen molar-refractivity contribution in [3.8, 4) is 0 Å². The van der Waals surface area contributed by atoms with Crippen molar-refractivity contribution in [1.82, 2.24) is 10.3 Å². The molecule has 0 aromatic carbocycles. The summed E-state index contributed by atoms with van der Waals surface area (Å²) in [4.78, 5) is 3.82. The number of nitrogens with zero attached hydrogens (tertiary/aromatic N) is 1. The highest BCUT2D eigenvalue weighted by Gasteiger charge is 2.24. The zero-order valence-corrected chi connectivity index (χ0v) is 10.2. The highest BCUT2D eigenvalue weighted by Crippen LogP contribution is 2.22. The Kier molecular flexibility index (Phi) is 4.45. The molecule has 0 radical (unpaired) electrons. The van der Waals surface area contributed by atoms with Gasteiger partial charge < -0.3 is 10.1 Å². The number of nitrogens with one attached hydrogen (secondary N) is 1. The van der Waals surface area contributed by atoms with Gasteiger partial charge in [0.15, 0.2) is 0 Å². The molecule has 0 spiro atoms. The summed E-state index contributed by atoms with van der Waals surface area (Å²) in [6, 6.07) is 1.90. The lowest BCUT2D eigenvalue weighted by Crippen LogP contribution is -2.41. The first-order chi connectivity index (χ1) is 8.29. The highest BCUT2D eigenvalue weighted by molar-refractivity contribution is 5.08. The second kappa shape index (κ2) is 6.07. The van der Waals surface area contributed by atoms with Crippen LogP contribution in [-0.2, 0) is 11.3 Å². The molecule has 1 fully saturated rings. The van der Waals surface area contributed by atoms with Gasteiger partial charge in [-0.25, -0.2) is 4.39 Å². The Morgan fingerprint density at radius 3 is 3.00 bits per heavy atom. The lowest BCUT2D eigenvalue weighted by Gasteiger charge is -2.31. The minimum atomic E-state index is -0.306. The molecule has 1 heterocycles. The summed E-state index contributed by atoms with van der Waals surface area (Å²) in [7, 11) is 1.97. The van der Waals surface area contributed by atoms with Gasteiger partial charge in [-0.15, -0.1) is 0 Å². The first-order valence-corrected chi connectivity index (χ1v) is 6.18. The van der Waals surface area contributed by atoms with E-state index in [0.717, 1.165) is 18.4 Å². The van der Waals surface area contributed by atoms with E-state index < -0.39 is 0 Å². The number of hydrogen-bond acceptors (Lipinski definition) is 3. The average molecular weight is 238 g/mol. The summed E-state index contributed by atoms with van der Waals surface area (Å²) in [5.74, 6) is -0.306. The topological polar surface area (TPSA) is 34.1 Å². The molecule has 1 aromatic heterocycles.